The third-order valence-corrected chi connectivity index (χ3v) is 9.01. The van der Waals surface area contributed by atoms with Crippen LogP contribution in [0.2, 0.25) is 0 Å². The van der Waals surface area contributed by atoms with Crippen molar-refractivity contribution in [2.24, 2.45) is 0 Å². The summed E-state index contributed by atoms with van der Waals surface area (Å²) in [6.45, 7) is 6.89. The molecule has 1 unspecified atom stereocenters. The summed E-state index contributed by atoms with van der Waals surface area (Å²) in [7, 11) is -7.68. The van der Waals surface area contributed by atoms with Gasteiger partial charge in [0.1, 0.15) is 5.82 Å². The molecule has 8 nitrogen and oxygen atoms in total. The maximum atomic E-state index is 13.4. The number of sulfonamides is 2. The fourth-order valence-corrected chi connectivity index (χ4v) is 6.72. The molecule has 0 bridgehead atoms. The standard InChI is InChI=1S/C22H28FN3O5S2/c1-4-25(5-2)20(17-6-8-18(23)9-7-17)15-24-33(30,31)21-11-10-19(14-16(21)3)26-22(27)12-13-32(26,28)29/h6-11,14,20,24H,4-5,12-13,15H2,1-3H3. The highest BCUT2D eigenvalue weighted by Crippen LogP contribution is 2.29. The minimum Gasteiger partial charge on any atom is -0.296 e. The lowest BCUT2D eigenvalue weighted by Gasteiger charge is -2.30. The number of benzene rings is 2. The molecule has 1 saturated heterocycles. The summed E-state index contributed by atoms with van der Waals surface area (Å²) in [5.74, 6) is -1.17. The van der Waals surface area contributed by atoms with Crippen LogP contribution in [0.25, 0.3) is 0 Å². The molecule has 1 heterocycles. The van der Waals surface area contributed by atoms with Crippen LogP contribution in [0.1, 0.15) is 37.4 Å². The molecule has 11 heteroatoms. The lowest BCUT2D eigenvalue weighted by molar-refractivity contribution is -0.116. The van der Waals surface area contributed by atoms with Gasteiger partial charge in [-0.15, -0.1) is 0 Å². The SMILES string of the molecule is CCN(CC)C(CNS(=O)(=O)c1ccc(N2C(=O)CCS2(=O)=O)cc1C)c1ccc(F)cc1. The topological polar surface area (TPSA) is 104 Å². The first-order chi connectivity index (χ1) is 15.5. The van der Waals surface area contributed by atoms with Gasteiger partial charge in [-0.2, -0.15) is 0 Å². The summed E-state index contributed by atoms with van der Waals surface area (Å²) < 4.78 is 67.2. The van der Waals surface area contributed by atoms with Crippen molar-refractivity contribution in [3.63, 3.8) is 0 Å². The number of carbonyl (C=O) groups excluding carboxylic acids is 1. The molecule has 1 aliphatic rings. The van der Waals surface area contributed by atoms with Gasteiger partial charge in [-0.3, -0.25) is 9.69 Å². The van der Waals surface area contributed by atoms with Gasteiger partial charge in [-0.1, -0.05) is 26.0 Å². The molecule has 33 heavy (non-hydrogen) atoms. The first-order valence-corrected chi connectivity index (χ1v) is 13.7. The van der Waals surface area contributed by atoms with Gasteiger partial charge in [-0.05, 0) is 61.5 Å². The van der Waals surface area contributed by atoms with Gasteiger partial charge in [0.15, 0.2) is 0 Å². The van der Waals surface area contributed by atoms with Crippen LogP contribution in [0.4, 0.5) is 10.1 Å². The van der Waals surface area contributed by atoms with Crippen LogP contribution in [0.15, 0.2) is 47.4 Å². The molecule has 180 valence electrons. The van der Waals surface area contributed by atoms with E-state index in [9.17, 15) is 26.0 Å². The number of hydrogen-bond donors (Lipinski definition) is 1. The van der Waals surface area contributed by atoms with Gasteiger partial charge in [-0.25, -0.2) is 30.3 Å². The predicted octanol–water partition coefficient (Wildman–Crippen LogP) is 2.56. The van der Waals surface area contributed by atoms with E-state index < -0.39 is 26.0 Å². The number of aryl methyl sites for hydroxylation is 1. The van der Waals surface area contributed by atoms with E-state index in [2.05, 4.69) is 9.62 Å². The molecule has 0 saturated carbocycles. The molecule has 1 fully saturated rings. The molecule has 0 aliphatic carbocycles. The monoisotopic (exact) mass is 497 g/mol. The Morgan fingerprint density at radius 3 is 2.27 bits per heavy atom. The minimum atomic E-state index is -3.94. The zero-order chi connectivity index (χ0) is 24.4. The van der Waals surface area contributed by atoms with E-state index in [1.54, 1.807) is 19.1 Å². The molecule has 1 atom stereocenters. The van der Waals surface area contributed by atoms with E-state index in [1.165, 1.54) is 30.3 Å². The maximum Gasteiger partial charge on any atom is 0.242 e. The number of halogens is 1. The quantitative estimate of drug-likeness (QED) is 0.571. The molecular weight excluding hydrogens is 469 g/mol. The second kappa shape index (κ2) is 9.88. The Bertz CT molecular complexity index is 1230. The van der Waals surface area contributed by atoms with Gasteiger partial charge in [0.05, 0.1) is 16.3 Å². The average Bonchev–Trinajstić information content (AvgIpc) is 3.03. The van der Waals surface area contributed by atoms with Crippen LogP contribution >= 0.6 is 0 Å². The van der Waals surface area contributed by atoms with E-state index in [0.29, 0.717) is 18.7 Å². The van der Waals surface area contributed by atoms with Crippen molar-refractivity contribution in [1.82, 2.24) is 9.62 Å². The summed E-state index contributed by atoms with van der Waals surface area (Å²) >= 11 is 0. The predicted molar refractivity (Wildman–Crippen MR) is 124 cm³/mol. The number of likely N-dealkylation sites (N-methyl/N-ethyl adjacent to an activating group) is 1. The number of carbonyl (C=O) groups is 1. The molecule has 2 aromatic rings. The van der Waals surface area contributed by atoms with Crippen molar-refractivity contribution in [1.29, 1.82) is 0 Å². The Labute approximate surface area is 194 Å². The molecule has 3 rings (SSSR count). The number of amides is 1. The summed E-state index contributed by atoms with van der Waals surface area (Å²) in [5.41, 5.74) is 1.23. The molecule has 1 amide bonds. The van der Waals surface area contributed by atoms with E-state index in [4.69, 9.17) is 0 Å². The van der Waals surface area contributed by atoms with Crippen LogP contribution < -0.4 is 9.03 Å². The average molecular weight is 498 g/mol. The third-order valence-electron chi connectivity index (χ3n) is 5.74. The number of rotatable bonds is 9. The maximum absolute atomic E-state index is 13.4. The van der Waals surface area contributed by atoms with Crippen molar-refractivity contribution >= 4 is 31.6 Å². The molecule has 0 aromatic heterocycles. The number of nitrogens with zero attached hydrogens (tertiary/aromatic N) is 2. The van der Waals surface area contributed by atoms with Crippen LogP contribution in [0.5, 0.6) is 0 Å². The molecule has 1 N–H and O–H groups in total. The van der Waals surface area contributed by atoms with Crippen molar-refractivity contribution in [3.05, 3.63) is 59.4 Å². The zero-order valence-corrected chi connectivity index (χ0v) is 20.4. The third kappa shape index (κ3) is 5.43. The second-order valence-corrected chi connectivity index (χ2v) is 11.5. The van der Waals surface area contributed by atoms with E-state index in [-0.39, 0.29) is 41.2 Å². The van der Waals surface area contributed by atoms with Crippen molar-refractivity contribution < 1.29 is 26.0 Å². The lowest BCUT2D eigenvalue weighted by Crippen LogP contribution is -2.38. The molecule has 1 aliphatic heterocycles. The Morgan fingerprint density at radius 2 is 1.76 bits per heavy atom. The largest absolute Gasteiger partial charge is 0.296 e. The smallest absolute Gasteiger partial charge is 0.242 e. The van der Waals surface area contributed by atoms with E-state index in [0.717, 1.165) is 9.87 Å². The minimum absolute atomic E-state index is 0.00676. The van der Waals surface area contributed by atoms with Gasteiger partial charge in [0.2, 0.25) is 26.0 Å². The van der Waals surface area contributed by atoms with E-state index in [1.807, 2.05) is 13.8 Å². The normalized spacial score (nSPS) is 17.0. The fraction of sp³-hybridized carbons (Fsp3) is 0.409. The molecule has 2 aromatic carbocycles. The highest BCUT2D eigenvalue weighted by atomic mass is 32.2. The lowest BCUT2D eigenvalue weighted by atomic mass is 10.1. The Balaban J connectivity index is 1.85. The van der Waals surface area contributed by atoms with Crippen LogP contribution in [0, 0.1) is 12.7 Å². The first kappa shape index (κ1) is 25.3. The van der Waals surface area contributed by atoms with Crippen LogP contribution in [-0.2, 0) is 24.8 Å². The Morgan fingerprint density at radius 1 is 1.12 bits per heavy atom. The first-order valence-electron chi connectivity index (χ1n) is 10.7. The van der Waals surface area contributed by atoms with Crippen molar-refractivity contribution in [3.8, 4) is 0 Å². The summed E-state index contributed by atoms with van der Waals surface area (Å²) in [6, 6.07) is 9.68. The second-order valence-electron chi connectivity index (χ2n) is 7.81. The number of hydrogen-bond acceptors (Lipinski definition) is 6. The Kier molecular flexibility index (Phi) is 7.57. The molecular formula is C22H28FN3O5S2. The highest BCUT2D eigenvalue weighted by molar-refractivity contribution is 7.94. The van der Waals surface area contributed by atoms with Crippen molar-refractivity contribution in [2.45, 2.75) is 38.1 Å². The summed E-state index contributed by atoms with van der Waals surface area (Å²) in [5, 5.41) is 0. The number of nitrogens with one attached hydrogen (secondary N) is 1. The number of anilines is 1. The van der Waals surface area contributed by atoms with Crippen LogP contribution in [-0.4, -0.2) is 53.0 Å². The summed E-state index contributed by atoms with van der Waals surface area (Å²) in [4.78, 5) is 14.1. The molecule has 0 radical (unpaired) electrons. The highest BCUT2D eigenvalue weighted by Gasteiger charge is 2.36. The Hall–Kier alpha value is -2.34. The van der Waals surface area contributed by atoms with Gasteiger partial charge >= 0.3 is 0 Å². The van der Waals surface area contributed by atoms with Crippen LogP contribution in [0.3, 0.4) is 0 Å². The van der Waals surface area contributed by atoms with E-state index >= 15 is 0 Å². The van der Waals surface area contributed by atoms with Gasteiger partial charge < -0.3 is 0 Å². The van der Waals surface area contributed by atoms with Gasteiger partial charge in [0, 0.05) is 19.0 Å². The summed E-state index contributed by atoms with van der Waals surface area (Å²) in [6.07, 6.45) is -0.0981. The zero-order valence-electron chi connectivity index (χ0n) is 18.8. The van der Waals surface area contributed by atoms with Gasteiger partial charge in [0.25, 0.3) is 0 Å². The van der Waals surface area contributed by atoms with Crippen molar-refractivity contribution in [2.75, 3.05) is 29.7 Å². The fourth-order valence-electron chi connectivity index (χ4n) is 4.00. The molecule has 0 spiro atoms.